The number of benzene rings is 2. The molecule has 0 spiro atoms. The lowest BCUT2D eigenvalue weighted by Crippen LogP contribution is -2.46. The van der Waals surface area contributed by atoms with E-state index in [-0.39, 0.29) is 12.5 Å². The summed E-state index contributed by atoms with van der Waals surface area (Å²) < 4.78 is 16.2. The molecule has 8 nitrogen and oxygen atoms in total. The Morgan fingerprint density at radius 3 is 2.41 bits per heavy atom. The molecular formula is C24H25NO7. The number of aliphatic carboxylic acids is 1. The van der Waals surface area contributed by atoms with Crippen LogP contribution in [-0.2, 0) is 9.59 Å². The zero-order valence-corrected chi connectivity index (χ0v) is 18.3. The average molecular weight is 439 g/mol. The Morgan fingerprint density at radius 2 is 1.81 bits per heavy atom. The number of methoxy groups -OCH3 is 1. The van der Waals surface area contributed by atoms with Crippen molar-refractivity contribution >= 4 is 22.8 Å². The molecule has 0 fully saturated rings. The van der Waals surface area contributed by atoms with Crippen LogP contribution in [0.5, 0.6) is 11.5 Å². The van der Waals surface area contributed by atoms with E-state index in [9.17, 15) is 19.5 Å². The van der Waals surface area contributed by atoms with E-state index >= 15 is 0 Å². The van der Waals surface area contributed by atoms with Crippen LogP contribution in [-0.4, -0.2) is 36.7 Å². The van der Waals surface area contributed by atoms with Gasteiger partial charge in [-0.3, -0.25) is 4.79 Å². The Morgan fingerprint density at radius 1 is 1.12 bits per heavy atom. The second-order valence-corrected chi connectivity index (χ2v) is 7.69. The summed E-state index contributed by atoms with van der Waals surface area (Å²) >= 11 is 0. The molecule has 0 saturated heterocycles. The van der Waals surface area contributed by atoms with E-state index < -0.39 is 23.5 Å². The topological polar surface area (TPSA) is 115 Å². The summed E-state index contributed by atoms with van der Waals surface area (Å²) in [5, 5.41) is 12.4. The highest BCUT2D eigenvalue weighted by Crippen LogP contribution is 2.33. The average Bonchev–Trinajstić information content (AvgIpc) is 2.76. The Kier molecular flexibility index (Phi) is 6.82. The molecule has 2 N–H and O–H groups in total. The number of aryl methyl sites for hydroxylation is 1. The minimum Gasteiger partial charge on any atom is -0.497 e. The van der Waals surface area contributed by atoms with E-state index in [0.29, 0.717) is 28.2 Å². The Balaban J connectivity index is 1.88. The first-order valence-electron chi connectivity index (χ1n) is 10.1. The first-order valence-corrected chi connectivity index (χ1v) is 10.1. The largest absolute Gasteiger partial charge is 0.497 e. The van der Waals surface area contributed by atoms with Gasteiger partial charge in [-0.25, -0.2) is 9.59 Å². The number of ether oxygens (including phenoxy) is 2. The molecule has 1 atom stereocenters. The van der Waals surface area contributed by atoms with Crippen LogP contribution in [0.2, 0.25) is 0 Å². The highest BCUT2D eigenvalue weighted by Gasteiger charge is 2.23. The molecule has 1 aromatic heterocycles. The molecule has 0 bridgehead atoms. The van der Waals surface area contributed by atoms with Crippen molar-refractivity contribution in [1.29, 1.82) is 0 Å². The van der Waals surface area contributed by atoms with Gasteiger partial charge < -0.3 is 24.3 Å². The molecular weight excluding hydrogens is 414 g/mol. The number of carbonyl (C=O) groups excluding carboxylic acids is 1. The Hall–Kier alpha value is -3.81. The van der Waals surface area contributed by atoms with Gasteiger partial charge in [0.1, 0.15) is 23.1 Å². The van der Waals surface area contributed by atoms with Gasteiger partial charge in [0.25, 0.3) is 5.91 Å². The van der Waals surface area contributed by atoms with Gasteiger partial charge in [0.15, 0.2) is 6.61 Å². The van der Waals surface area contributed by atoms with E-state index in [1.54, 1.807) is 52.1 Å². The summed E-state index contributed by atoms with van der Waals surface area (Å²) in [7, 11) is 1.58. The van der Waals surface area contributed by atoms with Crippen molar-refractivity contribution < 1.29 is 28.6 Å². The SMILES string of the molecule is COc1ccc(-c2cc(=O)oc3c(C)c(OCC(=O)NC(C(=O)O)C(C)C)ccc23)cc1. The van der Waals surface area contributed by atoms with Gasteiger partial charge in [-0.1, -0.05) is 26.0 Å². The normalized spacial score (nSPS) is 11.9. The number of nitrogens with one attached hydrogen (secondary N) is 1. The number of hydrogen-bond acceptors (Lipinski definition) is 6. The van der Waals surface area contributed by atoms with Crippen LogP contribution in [0.15, 0.2) is 51.7 Å². The van der Waals surface area contributed by atoms with E-state index in [1.807, 2.05) is 12.1 Å². The first kappa shape index (κ1) is 22.9. The summed E-state index contributed by atoms with van der Waals surface area (Å²) in [4.78, 5) is 35.7. The predicted molar refractivity (Wildman–Crippen MR) is 119 cm³/mol. The number of carboxylic acid groups (broad SMARTS) is 1. The molecule has 1 heterocycles. The van der Waals surface area contributed by atoms with Crippen LogP contribution in [0.3, 0.4) is 0 Å². The van der Waals surface area contributed by atoms with Crippen LogP contribution in [0.1, 0.15) is 19.4 Å². The monoisotopic (exact) mass is 439 g/mol. The summed E-state index contributed by atoms with van der Waals surface area (Å²) in [5.74, 6) is -0.875. The number of carbonyl (C=O) groups is 2. The molecule has 32 heavy (non-hydrogen) atoms. The molecule has 2 aromatic carbocycles. The second kappa shape index (κ2) is 9.55. The van der Waals surface area contributed by atoms with Crippen LogP contribution < -0.4 is 20.4 Å². The molecule has 0 aliphatic heterocycles. The lowest BCUT2D eigenvalue weighted by Gasteiger charge is -2.18. The highest BCUT2D eigenvalue weighted by molar-refractivity contribution is 5.95. The zero-order valence-electron chi connectivity index (χ0n) is 18.3. The fourth-order valence-electron chi connectivity index (χ4n) is 3.38. The van der Waals surface area contributed by atoms with Gasteiger partial charge >= 0.3 is 11.6 Å². The first-order chi connectivity index (χ1) is 15.2. The predicted octanol–water partition coefficient (Wildman–Crippen LogP) is 3.38. The molecule has 3 aromatic rings. The lowest BCUT2D eigenvalue weighted by atomic mass is 10.00. The fourth-order valence-corrected chi connectivity index (χ4v) is 3.38. The molecule has 8 heteroatoms. The van der Waals surface area contributed by atoms with Crippen molar-refractivity contribution in [3.8, 4) is 22.6 Å². The molecule has 0 aliphatic carbocycles. The van der Waals surface area contributed by atoms with E-state index in [4.69, 9.17) is 13.9 Å². The lowest BCUT2D eigenvalue weighted by molar-refractivity contribution is -0.143. The van der Waals surface area contributed by atoms with Gasteiger partial charge in [0.05, 0.1) is 7.11 Å². The summed E-state index contributed by atoms with van der Waals surface area (Å²) in [6.07, 6.45) is 0. The van der Waals surface area contributed by atoms with Crippen LogP contribution in [0.4, 0.5) is 0 Å². The van der Waals surface area contributed by atoms with Crippen molar-refractivity contribution in [1.82, 2.24) is 5.32 Å². The summed E-state index contributed by atoms with van der Waals surface area (Å²) in [6, 6.07) is 11.2. The summed E-state index contributed by atoms with van der Waals surface area (Å²) in [5.41, 5.74) is 1.92. The maximum absolute atomic E-state index is 12.2. The smallest absolute Gasteiger partial charge is 0.336 e. The van der Waals surface area contributed by atoms with E-state index in [2.05, 4.69) is 5.32 Å². The Labute approximate surface area is 184 Å². The number of amides is 1. The summed E-state index contributed by atoms with van der Waals surface area (Å²) in [6.45, 7) is 4.77. The number of fused-ring (bicyclic) bond motifs is 1. The minimum absolute atomic E-state index is 0.274. The van der Waals surface area contributed by atoms with E-state index in [1.165, 1.54) is 6.07 Å². The minimum atomic E-state index is -1.11. The standard InChI is InChI=1S/C24H25NO7/c1-13(2)22(24(28)29)25-20(26)12-31-19-10-9-17-18(11-21(27)32-23(17)14(19)3)15-5-7-16(30-4)8-6-15/h5-11,13,22H,12H2,1-4H3,(H,25,26)(H,28,29). The maximum Gasteiger partial charge on any atom is 0.336 e. The van der Waals surface area contributed by atoms with Gasteiger partial charge in [-0.15, -0.1) is 0 Å². The van der Waals surface area contributed by atoms with Crippen LogP contribution >= 0.6 is 0 Å². The van der Waals surface area contributed by atoms with Crippen molar-refractivity contribution in [3.63, 3.8) is 0 Å². The van der Waals surface area contributed by atoms with Crippen LogP contribution in [0, 0.1) is 12.8 Å². The molecule has 168 valence electrons. The molecule has 0 saturated carbocycles. The maximum atomic E-state index is 12.2. The third-order valence-corrected chi connectivity index (χ3v) is 5.12. The molecule has 1 amide bonds. The van der Waals surface area contributed by atoms with E-state index in [0.717, 1.165) is 10.9 Å². The van der Waals surface area contributed by atoms with Crippen LogP contribution in [0.25, 0.3) is 22.1 Å². The van der Waals surface area contributed by atoms with Crippen molar-refractivity contribution in [2.75, 3.05) is 13.7 Å². The molecule has 0 aliphatic rings. The second-order valence-electron chi connectivity index (χ2n) is 7.69. The number of carboxylic acids is 1. The fraction of sp³-hybridized carbons (Fsp3) is 0.292. The quantitative estimate of drug-likeness (QED) is 0.517. The highest BCUT2D eigenvalue weighted by atomic mass is 16.5. The van der Waals surface area contributed by atoms with Crippen molar-refractivity contribution in [3.05, 3.63) is 58.4 Å². The van der Waals surface area contributed by atoms with Gasteiger partial charge in [0.2, 0.25) is 0 Å². The van der Waals surface area contributed by atoms with Crippen molar-refractivity contribution in [2.24, 2.45) is 5.92 Å². The van der Waals surface area contributed by atoms with Crippen molar-refractivity contribution in [2.45, 2.75) is 26.8 Å². The van der Waals surface area contributed by atoms with Gasteiger partial charge in [0, 0.05) is 17.0 Å². The number of hydrogen-bond donors (Lipinski definition) is 2. The zero-order chi connectivity index (χ0) is 23.4. The molecule has 3 rings (SSSR count). The Bertz CT molecular complexity index is 1200. The number of rotatable bonds is 8. The molecule has 1 unspecified atom stereocenters. The van der Waals surface area contributed by atoms with Gasteiger partial charge in [-0.2, -0.15) is 0 Å². The van der Waals surface area contributed by atoms with Gasteiger partial charge in [-0.05, 0) is 48.2 Å². The molecule has 0 radical (unpaired) electrons. The third-order valence-electron chi connectivity index (χ3n) is 5.12. The third kappa shape index (κ3) is 4.91.